The van der Waals surface area contributed by atoms with Gasteiger partial charge in [-0.1, -0.05) is 60.7 Å². The summed E-state index contributed by atoms with van der Waals surface area (Å²) < 4.78 is 0. The Balaban J connectivity index is 2.11. The van der Waals surface area contributed by atoms with E-state index in [1.807, 2.05) is 12.1 Å². The predicted octanol–water partition coefficient (Wildman–Crippen LogP) is 2.99. The van der Waals surface area contributed by atoms with E-state index in [0.717, 1.165) is 13.0 Å². The summed E-state index contributed by atoms with van der Waals surface area (Å²) in [7, 11) is 2.12. The van der Waals surface area contributed by atoms with Gasteiger partial charge in [0.25, 0.3) is 0 Å². The highest BCUT2D eigenvalue weighted by Gasteiger charge is 2.48. The minimum Gasteiger partial charge on any atom is -0.394 e. The highest BCUT2D eigenvalue weighted by Crippen LogP contribution is 2.47. The Morgan fingerprint density at radius 2 is 1.65 bits per heavy atom. The van der Waals surface area contributed by atoms with E-state index in [-0.39, 0.29) is 12.1 Å². The van der Waals surface area contributed by atoms with E-state index in [1.165, 1.54) is 11.1 Å². The number of aliphatic hydroxyl groups is 1. The van der Waals surface area contributed by atoms with Crippen LogP contribution in [0.5, 0.6) is 0 Å². The third kappa shape index (κ3) is 1.96. The molecule has 0 radical (unpaired) electrons. The Bertz CT molecular complexity index is 554. The van der Waals surface area contributed by atoms with Gasteiger partial charge in [0.1, 0.15) is 0 Å². The molecule has 2 heteroatoms. The Morgan fingerprint density at radius 1 is 1.05 bits per heavy atom. The van der Waals surface area contributed by atoms with Gasteiger partial charge in [0, 0.05) is 5.92 Å². The standard InChI is InChI=1S/C18H21NO/c1-19-13-12-17(15-8-4-2-5-9-15)18(19,14-20)16-10-6-3-7-11-16/h2-11,17,20H,12-14H2,1H3/t17?,18-/m0/s1. The molecule has 0 spiro atoms. The summed E-state index contributed by atoms with van der Waals surface area (Å²) in [4.78, 5) is 2.31. The monoisotopic (exact) mass is 267 g/mol. The maximum absolute atomic E-state index is 10.2. The number of likely N-dealkylation sites (N-methyl/N-ethyl adjacent to an activating group) is 1. The molecule has 1 fully saturated rings. The molecule has 20 heavy (non-hydrogen) atoms. The normalized spacial score (nSPS) is 26.8. The second kappa shape index (κ2) is 5.39. The van der Waals surface area contributed by atoms with Gasteiger partial charge in [-0.15, -0.1) is 0 Å². The molecular weight excluding hydrogens is 246 g/mol. The highest BCUT2D eigenvalue weighted by molar-refractivity contribution is 5.35. The molecule has 0 amide bonds. The Hall–Kier alpha value is -1.64. The van der Waals surface area contributed by atoms with Crippen LogP contribution in [-0.2, 0) is 5.54 Å². The van der Waals surface area contributed by atoms with Gasteiger partial charge in [-0.25, -0.2) is 0 Å². The quantitative estimate of drug-likeness (QED) is 0.924. The minimum absolute atomic E-state index is 0.146. The van der Waals surface area contributed by atoms with Crippen LogP contribution in [0.2, 0.25) is 0 Å². The van der Waals surface area contributed by atoms with E-state index >= 15 is 0 Å². The minimum atomic E-state index is -0.303. The van der Waals surface area contributed by atoms with E-state index < -0.39 is 0 Å². The molecule has 2 nitrogen and oxygen atoms in total. The lowest BCUT2D eigenvalue weighted by Crippen LogP contribution is -2.45. The number of benzene rings is 2. The van der Waals surface area contributed by atoms with Crippen LogP contribution in [0, 0.1) is 0 Å². The van der Waals surface area contributed by atoms with E-state index in [4.69, 9.17) is 0 Å². The Labute approximate surface area is 120 Å². The zero-order valence-corrected chi connectivity index (χ0v) is 11.9. The molecule has 0 aromatic heterocycles. The fourth-order valence-corrected chi connectivity index (χ4v) is 3.63. The molecule has 0 aliphatic carbocycles. The predicted molar refractivity (Wildman–Crippen MR) is 81.6 cm³/mol. The smallest absolute Gasteiger partial charge is 0.0761 e. The molecule has 1 aliphatic heterocycles. The summed E-state index contributed by atoms with van der Waals surface area (Å²) >= 11 is 0. The average molecular weight is 267 g/mol. The summed E-state index contributed by atoms with van der Waals surface area (Å²) in [5, 5.41) is 10.2. The molecule has 0 saturated carbocycles. The van der Waals surface area contributed by atoms with Crippen LogP contribution in [-0.4, -0.2) is 30.2 Å². The molecule has 1 N–H and O–H groups in total. The van der Waals surface area contributed by atoms with Crippen molar-refractivity contribution in [2.75, 3.05) is 20.2 Å². The maximum Gasteiger partial charge on any atom is 0.0761 e. The SMILES string of the molecule is CN1CCC(c2ccccc2)[C@]1(CO)c1ccccc1. The molecule has 1 heterocycles. The number of nitrogens with zero attached hydrogens (tertiary/aromatic N) is 1. The van der Waals surface area contributed by atoms with Crippen molar-refractivity contribution in [1.29, 1.82) is 0 Å². The van der Waals surface area contributed by atoms with Crippen molar-refractivity contribution < 1.29 is 5.11 Å². The van der Waals surface area contributed by atoms with E-state index in [1.54, 1.807) is 0 Å². The van der Waals surface area contributed by atoms with Crippen LogP contribution in [0.3, 0.4) is 0 Å². The van der Waals surface area contributed by atoms with Gasteiger partial charge in [-0.2, -0.15) is 0 Å². The van der Waals surface area contributed by atoms with Crippen molar-refractivity contribution in [3.8, 4) is 0 Å². The molecule has 104 valence electrons. The second-order valence-electron chi connectivity index (χ2n) is 5.62. The molecule has 1 saturated heterocycles. The lowest BCUT2D eigenvalue weighted by Gasteiger charge is -2.40. The second-order valence-corrected chi connectivity index (χ2v) is 5.62. The summed E-state index contributed by atoms with van der Waals surface area (Å²) in [6, 6.07) is 21.0. The van der Waals surface area contributed by atoms with Crippen LogP contribution in [0.25, 0.3) is 0 Å². The van der Waals surface area contributed by atoms with Gasteiger partial charge in [-0.3, -0.25) is 4.90 Å². The van der Waals surface area contributed by atoms with Crippen molar-refractivity contribution in [1.82, 2.24) is 4.90 Å². The zero-order chi connectivity index (χ0) is 14.0. The molecule has 2 aromatic carbocycles. The van der Waals surface area contributed by atoms with E-state index in [0.29, 0.717) is 5.92 Å². The van der Waals surface area contributed by atoms with Gasteiger partial charge in [0.2, 0.25) is 0 Å². The largest absolute Gasteiger partial charge is 0.394 e. The van der Waals surface area contributed by atoms with Crippen LogP contribution in [0.15, 0.2) is 60.7 Å². The first-order chi connectivity index (χ1) is 9.79. The van der Waals surface area contributed by atoms with Crippen LogP contribution in [0.4, 0.5) is 0 Å². The van der Waals surface area contributed by atoms with Gasteiger partial charge in [0.05, 0.1) is 12.1 Å². The lowest BCUT2D eigenvalue weighted by molar-refractivity contribution is 0.0695. The van der Waals surface area contributed by atoms with Crippen molar-refractivity contribution >= 4 is 0 Å². The molecule has 3 rings (SSSR count). The van der Waals surface area contributed by atoms with Gasteiger partial charge >= 0.3 is 0 Å². The first-order valence-electron chi connectivity index (χ1n) is 7.21. The number of hydrogen-bond acceptors (Lipinski definition) is 2. The summed E-state index contributed by atoms with van der Waals surface area (Å²) in [5.41, 5.74) is 2.22. The zero-order valence-electron chi connectivity index (χ0n) is 11.9. The van der Waals surface area contributed by atoms with Gasteiger partial charge in [0.15, 0.2) is 0 Å². The van der Waals surface area contributed by atoms with Crippen molar-refractivity contribution in [3.05, 3.63) is 71.8 Å². The molecule has 1 aliphatic rings. The molecular formula is C18H21NO. The fourth-order valence-electron chi connectivity index (χ4n) is 3.63. The van der Waals surface area contributed by atoms with E-state index in [2.05, 4.69) is 60.5 Å². The molecule has 1 unspecified atom stereocenters. The Morgan fingerprint density at radius 3 is 2.25 bits per heavy atom. The topological polar surface area (TPSA) is 23.5 Å². The first-order valence-corrected chi connectivity index (χ1v) is 7.21. The van der Waals surface area contributed by atoms with E-state index in [9.17, 15) is 5.11 Å². The summed E-state index contributed by atoms with van der Waals surface area (Å²) in [6.07, 6.45) is 1.08. The Kier molecular flexibility index (Phi) is 3.60. The third-order valence-corrected chi connectivity index (χ3v) is 4.73. The lowest BCUT2D eigenvalue weighted by atomic mass is 9.76. The van der Waals surface area contributed by atoms with Crippen molar-refractivity contribution in [3.63, 3.8) is 0 Å². The third-order valence-electron chi connectivity index (χ3n) is 4.73. The van der Waals surface area contributed by atoms with Crippen LogP contribution < -0.4 is 0 Å². The molecule has 0 bridgehead atoms. The number of aliphatic hydroxyl groups excluding tert-OH is 1. The van der Waals surface area contributed by atoms with Crippen molar-refractivity contribution in [2.24, 2.45) is 0 Å². The first kappa shape index (κ1) is 13.3. The number of rotatable bonds is 3. The van der Waals surface area contributed by atoms with Crippen molar-refractivity contribution in [2.45, 2.75) is 17.9 Å². The maximum atomic E-state index is 10.2. The summed E-state index contributed by atoms with van der Waals surface area (Å²) in [5.74, 6) is 0.334. The van der Waals surface area contributed by atoms with Gasteiger partial charge in [-0.05, 0) is 31.1 Å². The molecule has 2 aromatic rings. The average Bonchev–Trinajstić information content (AvgIpc) is 2.86. The van der Waals surface area contributed by atoms with Gasteiger partial charge < -0.3 is 5.11 Å². The summed E-state index contributed by atoms with van der Waals surface area (Å²) in [6.45, 7) is 1.15. The number of hydrogen-bond donors (Lipinski definition) is 1. The van der Waals surface area contributed by atoms with Crippen LogP contribution >= 0.6 is 0 Å². The highest BCUT2D eigenvalue weighted by atomic mass is 16.3. The molecule has 2 atom stereocenters. The number of likely N-dealkylation sites (tertiary alicyclic amines) is 1. The van der Waals surface area contributed by atoms with Crippen LogP contribution in [0.1, 0.15) is 23.5 Å². The fraction of sp³-hybridized carbons (Fsp3) is 0.333.